The Hall–Kier alpha value is -2.92. The first-order chi connectivity index (χ1) is 18.4. The highest BCUT2D eigenvalue weighted by Crippen LogP contribution is 2.44. The minimum Gasteiger partial charge on any atom is -0.487 e. The molecule has 210 valence electrons. The summed E-state index contributed by atoms with van der Waals surface area (Å²) in [5, 5.41) is 24.0. The highest BCUT2D eigenvalue weighted by Gasteiger charge is 2.45. The molecule has 10 nitrogen and oxygen atoms in total. The number of hydrogen-bond acceptors (Lipinski definition) is 7. The van der Waals surface area contributed by atoms with E-state index in [1.807, 2.05) is 23.1 Å². The van der Waals surface area contributed by atoms with Crippen LogP contribution >= 0.6 is 23.2 Å². The van der Waals surface area contributed by atoms with Crippen molar-refractivity contribution in [2.75, 3.05) is 36.4 Å². The number of nitrogens with one attached hydrogen (secondary N) is 1. The van der Waals surface area contributed by atoms with E-state index in [2.05, 4.69) is 10.2 Å². The van der Waals surface area contributed by atoms with Gasteiger partial charge in [-0.25, -0.2) is 9.59 Å². The van der Waals surface area contributed by atoms with Crippen molar-refractivity contribution in [3.63, 3.8) is 0 Å². The summed E-state index contributed by atoms with van der Waals surface area (Å²) in [6.45, 7) is 5.11. The van der Waals surface area contributed by atoms with E-state index in [0.29, 0.717) is 29.5 Å². The van der Waals surface area contributed by atoms with E-state index in [9.17, 15) is 19.8 Å². The van der Waals surface area contributed by atoms with Gasteiger partial charge in [0.15, 0.2) is 5.60 Å². The van der Waals surface area contributed by atoms with Gasteiger partial charge in [-0.2, -0.15) is 0 Å². The Morgan fingerprint density at radius 1 is 1.18 bits per heavy atom. The molecule has 2 atom stereocenters. The molecule has 5 rings (SSSR count). The number of amides is 2. The van der Waals surface area contributed by atoms with Crippen molar-refractivity contribution in [3.8, 4) is 11.5 Å². The molecule has 0 bridgehead atoms. The normalized spacial score (nSPS) is 22.4. The van der Waals surface area contributed by atoms with Crippen LogP contribution in [0.1, 0.15) is 32.3 Å². The quantitative estimate of drug-likeness (QED) is 0.406. The van der Waals surface area contributed by atoms with Gasteiger partial charge in [-0.1, -0.05) is 23.2 Å². The zero-order valence-corrected chi connectivity index (χ0v) is 23.3. The second-order valence-corrected chi connectivity index (χ2v) is 11.8. The van der Waals surface area contributed by atoms with Crippen molar-refractivity contribution < 1.29 is 29.3 Å². The molecule has 2 saturated heterocycles. The number of aliphatic hydroxyl groups is 1. The van der Waals surface area contributed by atoms with Crippen LogP contribution in [0.2, 0.25) is 10.0 Å². The van der Waals surface area contributed by atoms with Crippen LogP contribution in [-0.2, 0) is 11.2 Å². The smallest absolute Gasteiger partial charge is 0.347 e. The van der Waals surface area contributed by atoms with Crippen molar-refractivity contribution in [1.82, 2.24) is 4.90 Å². The number of carboxylic acid groups (broad SMARTS) is 1. The van der Waals surface area contributed by atoms with E-state index in [0.717, 1.165) is 43.7 Å². The lowest BCUT2D eigenvalue weighted by Crippen LogP contribution is -2.53. The lowest BCUT2D eigenvalue weighted by atomic mass is 9.86. The number of β-amino-alcohol motifs (C(OH)–C–C–N with tert-alkyl or cyclic N) is 1. The summed E-state index contributed by atoms with van der Waals surface area (Å²) in [5.74, 6) is -0.123. The van der Waals surface area contributed by atoms with Crippen LogP contribution in [0.4, 0.5) is 16.2 Å². The molecule has 2 aromatic carbocycles. The number of ether oxygens (including phenoxy) is 2. The predicted molar refractivity (Wildman–Crippen MR) is 148 cm³/mol. The number of nitrogens with two attached hydrogens (primary N) is 1. The molecule has 5 N–H and O–H groups in total. The molecule has 3 aliphatic heterocycles. The second kappa shape index (κ2) is 10.2. The van der Waals surface area contributed by atoms with Crippen LogP contribution in [0.25, 0.3) is 0 Å². The fourth-order valence-corrected chi connectivity index (χ4v) is 6.10. The fraction of sp³-hybridized carbons (Fsp3) is 0.481. The molecule has 2 amide bonds. The van der Waals surface area contributed by atoms with Crippen LogP contribution in [0.5, 0.6) is 11.5 Å². The van der Waals surface area contributed by atoms with Crippen molar-refractivity contribution in [2.45, 2.75) is 56.5 Å². The molecule has 0 radical (unpaired) electrons. The number of hydrogen-bond donors (Lipinski definition) is 4. The first kappa shape index (κ1) is 27.6. The van der Waals surface area contributed by atoms with Gasteiger partial charge in [-0.15, -0.1) is 0 Å². The molecule has 0 aliphatic carbocycles. The molecule has 2 aromatic rings. The molecule has 39 heavy (non-hydrogen) atoms. The predicted octanol–water partition coefficient (Wildman–Crippen LogP) is 3.75. The van der Waals surface area contributed by atoms with Gasteiger partial charge >= 0.3 is 12.0 Å². The number of aliphatic hydroxyl groups excluding tert-OH is 1. The maximum Gasteiger partial charge on any atom is 0.347 e. The van der Waals surface area contributed by atoms with Gasteiger partial charge in [-0.3, -0.25) is 4.90 Å². The number of likely N-dealkylation sites (tertiary alicyclic amines) is 1. The monoisotopic (exact) mass is 578 g/mol. The summed E-state index contributed by atoms with van der Waals surface area (Å²) in [6.07, 6.45) is 1.80. The Kier molecular flexibility index (Phi) is 7.26. The zero-order valence-electron chi connectivity index (χ0n) is 21.7. The summed E-state index contributed by atoms with van der Waals surface area (Å²) < 4.78 is 12.1. The van der Waals surface area contributed by atoms with Crippen LogP contribution in [-0.4, -0.2) is 76.6 Å². The van der Waals surface area contributed by atoms with Crippen molar-refractivity contribution in [3.05, 3.63) is 45.9 Å². The van der Waals surface area contributed by atoms with Gasteiger partial charge in [0.05, 0.1) is 28.5 Å². The molecule has 1 spiro atoms. The minimum absolute atomic E-state index is 0.119. The average molecular weight is 579 g/mol. The number of carbonyl (C=O) groups excluding carboxylic acids is 1. The van der Waals surface area contributed by atoms with Gasteiger partial charge < -0.3 is 35.6 Å². The van der Waals surface area contributed by atoms with Gasteiger partial charge in [0.1, 0.15) is 17.1 Å². The Morgan fingerprint density at radius 3 is 2.56 bits per heavy atom. The van der Waals surface area contributed by atoms with Gasteiger partial charge in [0, 0.05) is 56.5 Å². The SMILES string of the molecule is CC(C)(Oc1cc(N2CC(O)C(N3CCC4(CC3)Cc3cc(Cl)ccc3O4)C2)c(NC(N)=O)cc1Cl)C(=O)O. The summed E-state index contributed by atoms with van der Waals surface area (Å²) in [6, 6.07) is 7.86. The van der Waals surface area contributed by atoms with Crippen LogP contribution in [0.15, 0.2) is 30.3 Å². The molecule has 3 aliphatic rings. The lowest BCUT2D eigenvalue weighted by Gasteiger charge is -2.41. The van der Waals surface area contributed by atoms with Crippen molar-refractivity contribution in [1.29, 1.82) is 0 Å². The summed E-state index contributed by atoms with van der Waals surface area (Å²) in [7, 11) is 0. The number of benzene rings is 2. The molecule has 2 unspecified atom stereocenters. The third kappa shape index (κ3) is 5.56. The summed E-state index contributed by atoms with van der Waals surface area (Å²) in [4.78, 5) is 27.5. The van der Waals surface area contributed by atoms with Crippen molar-refractivity contribution >= 4 is 46.6 Å². The molecule has 12 heteroatoms. The minimum atomic E-state index is -1.54. The van der Waals surface area contributed by atoms with E-state index in [-0.39, 0.29) is 22.4 Å². The van der Waals surface area contributed by atoms with Gasteiger partial charge in [0.2, 0.25) is 0 Å². The van der Waals surface area contributed by atoms with Crippen LogP contribution < -0.4 is 25.4 Å². The number of carboxylic acids is 1. The first-order valence-corrected chi connectivity index (χ1v) is 13.6. The Bertz CT molecular complexity index is 1300. The topological polar surface area (TPSA) is 138 Å². The Morgan fingerprint density at radius 2 is 1.90 bits per heavy atom. The summed E-state index contributed by atoms with van der Waals surface area (Å²) >= 11 is 12.6. The number of carbonyl (C=O) groups is 2. The Balaban J connectivity index is 1.32. The molecular weight excluding hydrogens is 547 g/mol. The van der Waals surface area contributed by atoms with Gasteiger partial charge in [-0.05, 0) is 43.7 Å². The second-order valence-electron chi connectivity index (χ2n) is 11.0. The van der Waals surface area contributed by atoms with E-state index >= 15 is 0 Å². The third-order valence-electron chi connectivity index (χ3n) is 7.83. The number of halogens is 2. The van der Waals surface area contributed by atoms with Crippen LogP contribution in [0.3, 0.4) is 0 Å². The van der Waals surface area contributed by atoms with E-state index < -0.39 is 23.7 Å². The maximum absolute atomic E-state index is 11.7. The number of anilines is 2. The van der Waals surface area contributed by atoms with E-state index in [1.54, 1.807) is 6.07 Å². The van der Waals surface area contributed by atoms with Gasteiger partial charge in [0.25, 0.3) is 0 Å². The molecule has 0 saturated carbocycles. The van der Waals surface area contributed by atoms with Crippen LogP contribution in [0, 0.1) is 0 Å². The number of piperidine rings is 1. The molecule has 3 heterocycles. The van der Waals surface area contributed by atoms with E-state index in [1.165, 1.54) is 19.9 Å². The Labute approximate surface area is 236 Å². The standard InChI is InChI=1S/C27H32Cl2N4O6/c1-26(2,24(35)36)38-23-11-19(18(10-17(23)29)31-25(30)37)33-13-20(21(34)14-33)32-7-5-27(6-8-32)12-15-9-16(28)3-4-22(15)39-27/h3-4,9-11,20-21,34H,5-8,12-14H2,1-2H3,(H,35,36)(H3,30,31,37). The number of fused-ring (bicyclic) bond motifs is 1. The molecule has 0 aromatic heterocycles. The number of primary amides is 1. The number of aliphatic carboxylic acids is 1. The summed E-state index contributed by atoms with van der Waals surface area (Å²) in [5.41, 5.74) is 5.59. The van der Waals surface area contributed by atoms with Crippen molar-refractivity contribution in [2.24, 2.45) is 5.73 Å². The maximum atomic E-state index is 11.7. The fourth-order valence-electron chi connectivity index (χ4n) is 5.70. The highest BCUT2D eigenvalue weighted by molar-refractivity contribution is 6.32. The third-order valence-corrected chi connectivity index (χ3v) is 8.36. The average Bonchev–Trinajstić information content (AvgIpc) is 3.40. The number of urea groups is 1. The molecular formula is C27H32Cl2N4O6. The molecule has 2 fully saturated rings. The lowest BCUT2D eigenvalue weighted by molar-refractivity contribution is -0.152. The zero-order chi connectivity index (χ0) is 28.1. The van der Waals surface area contributed by atoms with E-state index in [4.69, 9.17) is 38.4 Å². The largest absolute Gasteiger partial charge is 0.487 e. The first-order valence-electron chi connectivity index (χ1n) is 12.8. The number of nitrogens with zero attached hydrogens (tertiary/aromatic N) is 2. The number of rotatable bonds is 6. The highest BCUT2D eigenvalue weighted by atomic mass is 35.5.